The number of rotatable bonds is 2. The first kappa shape index (κ1) is 15.2. The maximum Gasteiger partial charge on any atom is 0.267 e. The summed E-state index contributed by atoms with van der Waals surface area (Å²) in [5.74, 6) is 0.346. The predicted molar refractivity (Wildman–Crippen MR) is 101 cm³/mol. The first-order chi connectivity index (χ1) is 12.7. The second-order valence-corrected chi connectivity index (χ2v) is 7.09. The Hall–Kier alpha value is -3.06. The summed E-state index contributed by atoms with van der Waals surface area (Å²) in [5, 5.41) is 5.36. The summed E-state index contributed by atoms with van der Waals surface area (Å²) >= 11 is 1.52. The quantitative estimate of drug-likeness (QED) is 0.552. The number of carbonyl (C=O) groups excluding carboxylic acids is 1. The van der Waals surface area contributed by atoms with E-state index in [0.717, 1.165) is 27.7 Å². The van der Waals surface area contributed by atoms with Crippen LogP contribution in [0.15, 0.2) is 63.0 Å². The van der Waals surface area contributed by atoms with E-state index in [4.69, 9.17) is 4.42 Å². The van der Waals surface area contributed by atoms with Crippen molar-refractivity contribution in [3.63, 3.8) is 0 Å². The molecule has 1 amide bonds. The lowest BCUT2D eigenvalue weighted by atomic mass is 10.1. The summed E-state index contributed by atoms with van der Waals surface area (Å²) < 4.78 is 7.34. The van der Waals surface area contributed by atoms with Gasteiger partial charge in [-0.2, -0.15) is 0 Å². The van der Waals surface area contributed by atoms with Crippen LogP contribution in [0.5, 0.6) is 0 Å². The Morgan fingerprint density at radius 3 is 2.92 bits per heavy atom. The number of carbonyl (C=O) groups is 1. The Balaban J connectivity index is 1.52. The highest BCUT2D eigenvalue weighted by Crippen LogP contribution is 2.30. The fraction of sp³-hybridized carbons (Fsp3) is 0.105. The van der Waals surface area contributed by atoms with E-state index < -0.39 is 5.91 Å². The molecule has 26 heavy (non-hydrogen) atoms. The molecule has 0 saturated heterocycles. The molecule has 0 atom stereocenters. The molecule has 0 spiro atoms. The molecule has 1 aliphatic heterocycles. The van der Waals surface area contributed by atoms with Crippen LogP contribution in [0, 0.1) is 0 Å². The highest BCUT2D eigenvalue weighted by Gasteiger charge is 2.20. The number of aromatic nitrogens is 2. The summed E-state index contributed by atoms with van der Waals surface area (Å²) in [6, 6.07) is 13.2. The topological polar surface area (TPSA) is 77.1 Å². The molecule has 1 N–H and O–H groups in total. The molecule has 128 valence electrons. The summed E-state index contributed by atoms with van der Waals surface area (Å²) in [6.45, 7) is 0.583. The number of furan rings is 1. The molecular weight excluding hydrogens is 350 g/mol. The van der Waals surface area contributed by atoms with E-state index in [-0.39, 0.29) is 11.1 Å². The smallest absolute Gasteiger partial charge is 0.267 e. The van der Waals surface area contributed by atoms with Gasteiger partial charge in [0.05, 0.1) is 0 Å². The van der Waals surface area contributed by atoms with Crippen molar-refractivity contribution in [2.24, 2.45) is 0 Å². The van der Waals surface area contributed by atoms with E-state index in [1.165, 1.54) is 18.0 Å². The minimum atomic E-state index is -0.457. The fourth-order valence-electron chi connectivity index (χ4n) is 3.18. The zero-order chi connectivity index (χ0) is 17.7. The second kappa shape index (κ2) is 5.74. The number of nitrogens with zero attached hydrogens (tertiary/aromatic N) is 2. The lowest BCUT2D eigenvalue weighted by Crippen LogP contribution is -2.29. The number of hydrogen-bond acceptors (Lipinski definition) is 5. The average molecular weight is 363 g/mol. The summed E-state index contributed by atoms with van der Waals surface area (Å²) in [4.78, 5) is 29.3. The standard InChI is InChI=1S/C19H13N3O3S/c23-17(14-10-20-19-22(18(14)24)7-8-26-19)21-11-5-6-16-13(9-11)12-3-1-2-4-15(12)25-16/h1-6,9-10H,7-8H2,(H,21,23). The van der Waals surface area contributed by atoms with Crippen LogP contribution in [0.3, 0.4) is 0 Å². The minimum absolute atomic E-state index is 0.0494. The van der Waals surface area contributed by atoms with Crippen LogP contribution in [0.25, 0.3) is 21.9 Å². The molecule has 0 saturated carbocycles. The van der Waals surface area contributed by atoms with Gasteiger partial charge in [-0.3, -0.25) is 14.2 Å². The molecule has 0 bridgehead atoms. The Bertz CT molecular complexity index is 1240. The van der Waals surface area contributed by atoms with Gasteiger partial charge in [-0.1, -0.05) is 30.0 Å². The average Bonchev–Trinajstić information content (AvgIpc) is 3.26. The molecule has 0 aliphatic carbocycles. The van der Waals surface area contributed by atoms with E-state index in [1.807, 2.05) is 36.4 Å². The third-order valence-electron chi connectivity index (χ3n) is 4.44. The largest absolute Gasteiger partial charge is 0.456 e. The Morgan fingerprint density at radius 2 is 2.00 bits per heavy atom. The maximum absolute atomic E-state index is 12.6. The highest BCUT2D eigenvalue weighted by molar-refractivity contribution is 7.99. The van der Waals surface area contributed by atoms with Crippen LogP contribution in [-0.4, -0.2) is 21.2 Å². The van der Waals surface area contributed by atoms with Crippen molar-refractivity contribution in [1.82, 2.24) is 9.55 Å². The lowest BCUT2D eigenvalue weighted by Gasteiger charge is -2.07. The lowest BCUT2D eigenvalue weighted by molar-refractivity contribution is 0.102. The van der Waals surface area contributed by atoms with Crippen LogP contribution in [0.1, 0.15) is 10.4 Å². The monoisotopic (exact) mass is 363 g/mol. The molecule has 0 unspecified atom stereocenters. The zero-order valence-corrected chi connectivity index (χ0v) is 14.4. The van der Waals surface area contributed by atoms with Crippen LogP contribution < -0.4 is 10.9 Å². The normalized spacial score (nSPS) is 13.2. The van der Waals surface area contributed by atoms with Crippen LogP contribution in [0.2, 0.25) is 0 Å². The van der Waals surface area contributed by atoms with E-state index in [9.17, 15) is 9.59 Å². The number of thioether (sulfide) groups is 1. The van der Waals surface area contributed by atoms with Gasteiger partial charge in [0.1, 0.15) is 16.7 Å². The van der Waals surface area contributed by atoms with Gasteiger partial charge in [-0.05, 0) is 24.3 Å². The maximum atomic E-state index is 12.6. The van der Waals surface area contributed by atoms with Gasteiger partial charge < -0.3 is 9.73 Å². The predicted octanol–water partition coefficient (Wildman–Crippen LogP) is 3.50. The summed E-state index contributed by atoms with van der Waals surface area (Å²) in [6.07, 6.45) is 1.35. The second-order valence-electron chi connectivity index (χ2n) is 6.02. The number of nitrogens with one attached hydrogen (secondary N) is 1. The Kier molecular flexibility index (Phi) is 3.36. The SMILES string of the molecule is O=C(Nc1ccc2oc3ccccc3c2c1)c1cnc2n(c1=O)CCS2. The van der Waals surface area contributed by atoms with E-state index in [1.54, 1.807) is 10.6 Å². The molecule has 5 rings (SSSR count). The van der Waals surface area contributed by atoms with Crippen LogP contribution in [-0.2, 0) is 6.54 Å². The van der Waals surface area contributed by atoms with E-state index in [2.05, 4.69) is 10.3 Å². The van der Waals surface area contributed by atoms with Gasteiger partial charge in [-0.25, -0.2) is 4.98 Å². The van der Waals surface area contributed by atoms with Gasteiger partial charge >= 0.3 is 0 Å². The van der Waals surface area contributed by atoms with Crippen molar-refractivity contribution in [2.75, 3.05) is 11.1 Å². The Labute approximate surface area is 151 Å². The third kappa shape index (κ3) is 2.32. The minimum Gasteiger partial charge on any atom is -0.456 e. The van der Waals surface area contributed by atoms with Crippen molar-refractivity contribution >= 4 is 45.3 Å². The number of para-hydroxylation sites is 1. The first-order valence-corrected chi connectivity index (χ1v) is 9.14. The van der Waals surface area contributed by atoms with Gasteiger partial charge in [0.15, 0.2) is 5.16 Å². The molecule has 0 fully saturated rings. The fourth-order valence-corrected chi connectivity index (χ4v) is 4.09. The number of amides is 1. The number of fused-ring (bicyclic) bond motifs is 4. The number of benzene rings is 2. The highest BCUT2D eigenvalue weighted by atomic mass is 32.2. The molecule has 2 aromatic heterocycles. The number of hydrogen-bond donors (Lipinski definition) is 1. The van der Waals surface area contributed by atoms with Crippen LogP contribution in [0.4, 0.5) is 5.69 Å². The Morgan fingerprint density at radius 1 is 1.15 bits per heavy atom. The summed E-state index contributed by atoms with van der Waals surface area (Å²) in [5.41, 5.74) is 1.90. The van der Waals surface area contributed by atoms with E-state index >= 15 is 0 Å². The first-order valence-electron chi connectivity index (χ1n) is 8.16. The zero-order valence-electron chi connectivity index (χ0n) is 13.6. The molecular formula is C19H13N3O3S. The van der Waals surface area contributed by atoms with Gasteiger partial charge in [0, 0.05) is 35.0 Å². The molecule has 2 aromatic carbocycles. The molecule has 6 nitrogen and oxygen atoms in total. The van der Waals surface area contributed by atoms with Crippen molar-refractivity contribution in [1.29, 1.82) is 0 Å². The van der Waals surface area contributed by atoms with Gasteiger partial charge in [0.25, 0.3) is 11.5 Å². The summed E-state index contributed by atoms with van der Waals surface area (Å²) in [7, 11) is 0. The molecule has 7 heteroatoms. The molecule has 3 heterocycles. The van der Waals surface area contributed by atoms with Crippen molar-refractivity contribution in [2.45, 2.75) is 11.7 Å². The van der Waals surface area contributed by atoms with Crippen molar-refractivity contribution < 1.29 is 9.21 Å². The third-order valence-corrected chi connectivity index (χ3v) is 5.41. The van der Waals surface area contributed by atoms with Crippen molar-refractivity contribution in [3.05, 3.63) is 64.6 Å². The van der Waals surface area contributed by atoms with Crippen LogP contribution >= 0.6 is 11.8 Å². The van der Waals surface area contributed by atoms with Gasteiger partial charge in [-0.15, -0.1) is 0 Å². The molecule has 0 radical (unpaired) electrons. The van der Waals surface area contributed by atoms with Gasteiger partial charge in [0.2, 0.25) is 0 Å². The number of anilines is 1. The van der Waals surface area contributed by atoms with Crippen molar-refractivity contribution in [3.8, 4) is 0 Å². The van der Waals surface area contributed by atoms with E-state index in [0.29, 0.717) is 17.4 Å². The molecule has 1 aliphatic rings. The molecule has 4 aromatic rings.